The Bertz CT molecular complexity index is 615. The number of rotatable bonds is 5. The van der Waals surface area contributed by atoms with Crippen LogP contribution in [0.25, 0.3) is 0 Å². The number of aromatic nitrogens is 2. The molecular weight excluding hydrogens is 258 g/mol. The molecule has 0 aliphatic carbocycles. The molecule has 0 amide bonds. The molecule has 2 rings (SSSR count). The summed E-state index contributed by atoms with van der Waals surface area (Å²) in [6, 6.07) is 8.26. The van der Waals surface area contributed by atoms with Crippen molar-refractivity contribution < 1.29 is 4.92 Å². The average molecular weight is 273 g/mol. The molecule has 0 aliphatic heterocycles. The third-order valence-corrected chi connectivity index (χ3v) is 2.64. The lowest BCUT2D eigenvalue weighted by molar-refractivity contribution is -0.384. The van der Waals surface area contributed by atoms with Gasteiger partial charge in [-0.15, -0.1) is 0 Å². The van der Waals surface area contributed by atoms with Crippen LogP contribution in [0, 0.1) is 10.1 Å². The molecule has 20 heavy (non-hydrogen) atoms. The molecule has 0 saturated carbocycles. The van der Waals surface area contributed by atoms with Crippen LogP contribution in [-0.4, -0.2) is 29.0 Å². The first-order chi connectivity index (χ1) is 9.56. The zero-order chi connectivity index (χ0) is 14.5. The van der Waals surface area contributed by atoms with Gasteiger partial charge in [-0.2, -0.15) is 4.98 Å². The summed E-state index contributed by atoms with van der Waals surface area (Å²) in [5, 5.41) is 13.8. The largest absolute Gasteiger partial charge is 0.366 e. The fourth-order valence-corrected chi connectivity index (χ4v) is 1.63. The van der Waals surface area contributed by atoms with Crippen molar-refractivity contribution in [3.8, 4) is 0 Å². The molecule has 1 heterocycles. The van der Waals surface area contributed by atoms with Crippen LogP contribution in [0.4, 0.5) is 17.5 Å². The van der Waals surface area contributed by atoms with Gasteiger partial charge in [-0.1, -0.05) is 12.1 Å². The molecule has 0 fully saturated rings. The number of nitro groups is 1. The Morgan fingerprint density at radius 1 is 1.35 bits per heavy atom. The summed E-state index contributed by atoms with van der Waals surface area (Å²) in [6.07, 6.45) is 1.66. The molecule has 0 unspecified atom stereocenters. The summed E-state index contributed by atoms with van der Waals surface area (Å²) in [4.78, 5) is 20.5. The molecule has 7 heteroatoms. The van der Waals surface area contributed by atoms with Gasteiger partial charge < -0.3 is 10.2 Å². The second-order valence-corrected chi connectivity index (χ2v) is 4.42. The summed E-state index contributed by atoms with van der Waals surface area (Å²) in [5.41, 5.74) is 0.908. The first-order valence-corrected chi connectivity index (χ1v) is 6.04. The van der Waals surface area contributed by atoms with Crippen LogP contribution in [0.3, 0.4) is 0 Å². The van der Waals surface area contributed by atoms with Gasteiger partial charge in [0.2, 0.25) is 5.95 Å². The summed E-state index contributed by atoms with van der Waals surface area (Å²) in [7, 11) is 3.72. The van der Waals surface area contributed by atoms with Gasteiger partial charge in [0.15, 0.2) is 0 Å². The zero-order valence-electron chi connectivity index (χ0n) is 11.3. The number of nitrogens with one attached hydrogen (secondary N) is 1. The van der Waals surface area contributed by atoms with Gasteiger partial charge in [-0.25, -0.2) is 4.98 Å². The van der Waals surface area contributed by atoms with Crippen LogP contribution in [-0.2, 0) is 6.54 Å². The Morgan fingerprint density at radius 3 is 2.85 bits per heavy atom. The van der Waals surface area contributed by atoms with Crippen LogP contribution in [0.1, 0.15) is 5.56 Å². The number of nitrogens with zero attached hydrogens (tertiary/aromatic N) is 4. The van der Waals surface area contributed by atoms with E-state index in [0.29, 0.717) is 18.3 Å². The van der Waals surface area contributed by atoms with E-state index in [1.807, 2.05) is 20.2 Å². The molecule has 104 valence electrons. The van der Waals surface area contributed by atoms with E-state index in [9.17, 15) is 10.1 Å². The van der Waals surface area contributed by atoms with E-state index in [4.69, 9.17) is 0 Å². The van der Waals surface area contributed by atoms with Crippen LogP contribution in [0.2, 0.25) is 0 Å². The van der Waals surface area contributed by atoms with Gasteiger partial charge in [0, 0.05) is 39.0 Å². The zero-order valence-corrected chi connectivity index (χ0v) is 11.3. The minimum Gasteiger partial charge on any atom is -0.366 e. The highest BCUT2D eigenvalue weighted by molar-refractivity contribution is 5.42. The highest BCUT2D eigenvalue weighted by Gasteiger charge is 2.06. The van der Waals surface area contributed by atoms with Crippen molar-refractivity contribution in [2.75, 3.05) is 24.3 Å². The third kappa shape index (κ3) is 3.41. The number of hydrogen-bond donors (Lipinski definition) is 1. The molecule has 1 aromatic heterocycles. The van der Waals surface area contributed by atoms with Crippen molar-refractivity contribution in [2.24, 2.45) is 0 Å². The number of hydrogen-bond acceptors (Lipinski definition) is 6. The van der Waals surface area contributed by atoms with E-state index in [1.54, 1.807) is 29.3 Å². The minimum absolute atomic E-state index is 0.0842. The minimum atomic E-state index is -0.404. The maximum atomic E-state index is 10.7. The van der Waals surface area contributed by atoms with E-state index in [2.05, 4.69) is 15.3 Å². The number of non-ortho nitro benzene ring substituents is 1. The first-order valence-electron chi connectivity index (χ1n) is 6.04. The molecule has 2 aromatic rings. The van der Waals surface area contributed by atoms with Crippen LogP contribution in [0.5, 0.6) is 0 Å². The third-order valence-electron chi connectivity index (χ3n) is 2.64. The Labute approximate surface area is 116 Å². The summed E-state index contributed by atoms with van der Waals surface area (Å²) in [5.74, 6) is 1.28. The predicted octanol–water partition coefficient (Wildman–Crippen LogP) is 2.06. The van der Waals surface area contributed by atoms with Crippen molar-refractivity contribution in [1.82, 2.24) is 9.97 Å². The maximum Gasteiger partial charge on any atom is 0.269 e. The van der Waals surface area contributed by atoms with Crippen LogP contribution in [0.15, 0.2) is 36.5 Å². The summed E-state index contributed by atoms with van der Waals surface area (Å²) < 4.78 is 0. The Kier molecular flexibility index (Phi) is 4.09. The molecule has 0 saturated heterocycles. The average Bonchev–Trinajstić information content (AvgIpc) is 2.45. The molecule has 0 spiro atoms. The highest BCUT2D eigenvalue weighted by atomic mass is 16.6. The molecule has 0 aliphatic rings. The van der Waals surface area contributed by atoms with E-state index in [-0.39, 0.29) is 5.69 Å². The Hall–Kier alpha value is -2.70. The van der Waals surface area contributed by atoms with Crippen molar-refractivity contribution in [3.05, 3.63) is 52.2 Å². The second-order valence-electron chi connectivity index (χ2n) is 4.42. The molecule has 1 N–H and O–H groups in total. The maximum absolute atomic E-state index is 10.7. The molecule has 1 aromatic carbocycles. The molecule has 0 radical (unpaired) electrons. The van der Waals surface area contributed by atoms with Gasteiger partial charge in [-0.05, 0) is 11.6 Å². The predicted molar refractivity (Wildman–Crippen MR) is 76.8 cm³/mol. The van der Waals surface area contributed by atoms with Gasteiger partial charge in [0.05, 0.1) is 4.92 Å². The van der Waals surface area contributed by atoms with Crippen molar-refractivity contribution >= 4 is 17.5 Å². The highest BCUT2D eigenvalue weighted by Crippen LogP contribution is 2.15. The fourth-order valence-electron chi connectivity index (χ4n) is 1.63. The number of anilines is 2. The van der Waals surface area contributed by atoms with Gasteiger partial charge in [-0.3, -0.25) is 10.1 Å². The molecule has 0 bridgehead atoms. The Morgan fingerprint density at radius 2 is 2.15 bits per heavy atom. The van der Waals surface area contributed by atoms with E-state index < -0.39 is 4.92 Å². The lowest BCUT2D eigenvalue weighted by Crippen LogP contribution is -2.13. The van der Waals surface area contributed by atoms with E-state index >= 15 is 0 Å². The fraction of sp³-hybridized carbons (Fsp3) is 0.231. The summed E-state index contributed by atoms with van der Waals surface area (Å²) in [6.45, 7) is 0.464. The van der Waals surface area contributed by atoms with Crippen molar-refractivity contribution in [3.63, 3.8) is 0 Å². The summed E-state index contributed by atoms with van der Waals surface area (Å²) >= 11 is 0. The number of benzene rings is 1. The standard InChI is InChI=1S/C13H15N5O2/c1-17(2)13-14-7-6-12(16-13)15-9-10-4-3-5-11(8-10)18(19)20/h3-8H,9H2,1-2H3,(H,14,15,16). The number of nitro benzene ring substituents is 1. The quantitative estimate of drug-likeness (QED) is 0.663. The van der Waals surface area contributed by atoms with Crippen molar-refractivity contribution in [2.45, 2.75) is 6.54 Å². The Balaban J connectivity index is 2.07. The second kappa shape index (κ2) is 5.96. The van der Waals surface area contributed by atoms with E-state index in [1.165, 1.54) is 6.07 Å². The van der Waals surface area contributed by atoms with E-state index in [0.717, 1.165) is 5.56 Å². The lowest BCUT2D eigenvalue weighted by Gasteiger charge is -2.11. The topological polar surface area (TPSA) is 84.2 Å². The van der Waals surface area contributed by atoms with Crippen LogP contribution >= 0.6 is 0 Å². The van der Waals surface area contributed by atoms with Crippen molar-refractivity contribution in [1.29, 1.82) is 0 Å². The first kappa shape index (κ1) is 13.7. The van der Waals surface area contributed by atoms with Gasteiger partial charge in [0.1, 0.15) is 5.82 Å². The van der Waals surface area contributed by atoms with Gasteiger partial charge >= 0.3 is 0 Å². The molecule has 0 atom stereocenters. The monoisotopic (exact) mass is 273 g/mol. The van der Waals surface area contributed by atoms with Gasteiger partial charge in [0.25, 0.3) is 5.69 Å². The smallest absolute Gasteiger partial charge is 0.269 e. The molecule has 7 nitrogen and oxygen atoms in total. The molecular formula is C13H15N5O2. The lowest BCUT2D eigenvalue weighted by atomic mass is 10.2. The normalized spacial score (nSPS) is 10.1. The van der Waals surface area contributed by atoms with Crippen LogP contribution < -0.4 is 10.2 Å². The SMILES string of the molecule is CN(C)c1nccc(NCc2cccc([N+](=O)[O-])c2)n1.